The summed E-state index contributed by atoms with van der Waals surface area (Å²) in [5, 5.41) is 4.07. The first-order chi connectivity index (χ1) is 13.2. The van der Waals surface area contributed by atoms with Crippen LogP contribution in [0.25, 0.3) is 0 Å². The van der Waals surface area contributed by atoms with Crippen molar-refractivity contribution in [3.8, 4) is 0 Å². The van der Waals surface area contributed by atoms with Crippen LogP contribution in [0.2, 0.25) is 0 Å². The Bertz CT molecular complexity index is 978. The fourth-order valence-electron chi connectivity index (χ4n) is 3.24. The highest BCUT2D eigenvalue weighted by Crippen LogP contribution is 2.28. The van der Waals surface area contributed by atoms with Crippen LogP contribution in [0.4, 0.5) is 5.69 Å². The van der Waals surface area contributed by atoms with Gasteiger partial charge in [-0.1, -0.05) is 54.1 Å². The number of carbonyl (C=O) groups is 1. The zero-order valence-electron chi connectivity index (χ0n) is 15.2. The second kappa shape index (κ2) is 7.46. The molecule has 4 rings (SSSR count). The summed E-state index contributed by atoms with van der Waals surface area (Å²) >= 11 is 0. The molecule has 0 radical (unpaired) electrons. The van der Waals surface area contributed by atoms with E-state index in [1.807, 2.05) is 67.6 Å². The minimum atomic E-state index is -0.195. The van der Waals surface area contributed by atoms with Crippen molar-refractivity contribution in [3.05, 3.63) is 101 Å². The van der Waals surface area contributed by atoms with E-state index in [0.29, 0.717) is 5.56 Å². The SMILES string of the molecule is Cc1ccc(/C=N\NC(=O)c2ccc3c(c2)CN(c2ccccc2)C3)cc1. The number of fused-ring (bicyclic) bond motifs is 1. The van der Waals surface area contributed by atoms with Crippen LogP contribution in [0.1, 0.15) is 32.6 Å². The predicted octanol–water partition coefficient (Wildman–Crippen LogP) is 4.28. The molecule has 0 bridgehead atoms. The fraction of sp³-hybridized carbons (Fsp3) is 0.130. The molecule has 1 amide bonds. The van der Waals surface area contributed by atoms with Crippen LogP contribution >= 0.6 is 0 Å². The molecule has 0 unspecified atom stereocenters. The normalized spacial score (nSPS) is 13.0. The number of nitrogens with one attached hydrogen (secondary N) is 1. The van der Waals surface area contributed by atoms with Crippen molar-refractivity contribution in [1.82, 2.24) is 5.43 Å². The van der Waals surface area contributed by atoms with E-state index in [0.717, 1.165) is 18.7 Å². The maximum Gasteiger partial charge on any atom is 0.271 e. The number of hydrazone groups is 1. The molecule has 1 heterocycles. The topological polar surface area (TPSA) is 44.7 Å². The second-order valence-electron chi connectivity index (χ2n) is 6.78. The van der Waals surface area contributed by atoms with Crippen molar-refractivity contribution in [2.75, 3.05) is 4.90 Å². The highest BCUT2D eigenvalue weighted by atomic mass is 16.2. The number of benzene rings is 3. The number of para-hydroxylation sites is 1. The third-order valence-electron chi connectivity index (χ3n) is 4.77. The van der Waals surface area contributed by atoms with Gasteiger partial charge in [-0.15, -0.1) is 0 Å². The highest BCUT2D eigenvalue weighted by molar-refractivity contribution is 5.95. The van der Waals surface area contributed by atoms with Crippen LogP contribution in [-0.4, -0.2) is 12.1 Å². The van der Waals surface area contributed by atoms with Gasteiger partial charge in [0.1, 0.15) is 0 Å². The standard InChI is InChI=1S/C23H21N3O/c1-17-7-9-18(10-8-17)14-24-25-23(27)19-11-12-20-15-26(16-21(20)13-19)22-5-3-2-4-6-22/h2-14H,15-16H2,1H3,(H,25,27)/b24-14-. The minimum Gasteiger partial charge on any atom is -0.363 e. The van der Waals surface area contributed by atoms with Crippen molar-refractivity contribution in [1.29, 1.82) is 0 Å². The summed E-state index contributed by atoms with van der Waals surface area (Å²) in [6.07, 6.45) is 1.65. The Balaban J connectivity index is 1.42. The van der Waals surface area contributed by atoms with Crippen LogP contribution in [0, 0.1) is 6.92 Å². The Morgan fingerprint density at radius 1 is 0.963 bits per heavy atom. The summed E-state index contributed by atoms with van der Waals surface area (Å²) in [7, 11) is 0. The fourth-order valence-corrected chi connectivity index (χ4v) is 3.24. The van der Waals surface area contributed by atoms with E-state index in [2.05, 4.69) is 27.6 Å². The van der Waals surface area contributed by atoms with Crippen molar-refractivity contribution in [2.45, 2.75) is 20.0 Å². The predicted molar refractivity (Wildman–Crippen MR) is 109 cm³/mol. The largest absolute Gasteiger partial charge is 0.363 e. The Hall–Kier alpha value is -3.40. The Morgan fingerprint density at radius 3 is 2.48 bits per heavy atom. The number of rotatable bonds is 4. The van der Waals surface area contributed by atoms with E-state index >= 15 is 0 Å². The summed E-state index contributed by atoms with van der Waals surface area (Å²) in [5.41, 5.74) is 9.04. The molecular formula is C23H21N3O. The highest BCUT2D eigenvalue weighted by Gasteiger charge is 2.20. The molecule has 134 valence electrons. The van der Waals surface area contributed by atoms with E-state index in [1.165, 1.54) is 22.4 Å². The number of nitrogens with zero attached hydrogens (tertiary/aromatic N) is 2. The van der Waals surface area contributed by atoms with Crippen LogP contribution in [0.15, 0.2) is 77.9 Å². The molecule has 27 heavy (non-hydrogen) atoms. The monoisotopic (exact) mass is 355 g/mol. The third-order valence-corrected chi connectivity index (χ3v) is 4.77. The zero-order chi connectivity index (χ0) is 18.6. The van der Waals surface area contributed by atoms with E-state index < -0.39 is 0 Å². The number of carbonyl (C=O) groups excluding carboxylic acids is 1. The summed E-state index contributed by atoms with van der Waals surface area (Å²) in [6.45, 7) is 3.72. The van der Waals surface area contributed by atoms with Gasteiger partial charge in [0.05, 0.1) is 6.21 Å². The lowest BCUT2D eigenvalue weighted by molar-refractivity contribution is 0.0955. The Kier molecular flexibility index (Phi) is 4.71. The van der Waals surface area contributed by atoms with Gasteiger partial charge in [-0.3, -0.25) is 4.79 Å². The molecule has 0 aromatic heterocycles. The van der Waals surface area contributed by atoms with Crippen molar-refractivity contribution >= 4 is 17.8 Å². The maximum absolute atomic E-state index is 12.4. The molecule has 0 aliphatic carbocycles. The van der Waals surface area contributed by atoms with E-state index in [-0.39, 0.29) is 5.91 Å². The minimum absolute atomic E-state index is 0.195. The third kappa shape index (κ3) is 3.90. The molecule has 4 heteroatoms. The van der Waals surface area contributed by atoms with E-state index in [4.69, 9.17) is 0 Å². The van der Waals surface area contributed by atoms with Crippen LogP contribution < -0.4 is 10.3 Å². The molecule has 0 saturated heterocycles. The van der Waals surface area contributed by atoms with Gasteiger partial charge in [0.2, 0.25) is 0 Å². The van der Waals surface area contributed by atoms with E-state index in [1.54, 1.807) is 6.21 Å². The quantitative estimate of drug-likeness (QED) is 0.561. The molecule has 0 saturated carbocycles. The molecule has 1 aliphatic heterocycles. The van der Waals surface area contributed by atoms with Gasteiger partial charge < -0.3 is 4.90 Å². The van der Waals surface area contributed by atoms with Crippen LogP contribution in [0.3, 0.4) is 0 Å². The number of aryl methyl sites for hydroxylation is 1. The number of hydrogen-bond acceptors (Lipinski definition) is 3. The number of hydrogen-bond donors (Lipinski definition) is 1. The lowest BCUT2D eigenvalue weighted by Crippen LogP contribution is -2.17. The Labute approximate surface area is 159 Å². The molecule has 0 atom stereocenters. The molecule has 1 aliphatic rings. The van der Waals surface area contributed by atoms with Gasteiger partial charge in [-0.05, 0) is 47.9 Å². The lowest BCUT2D eigenvalue weighted by Gasteiger charge is -2.17. The molecule has 3 aromatic rings. The van der Waals surface area contributed by atoms with Gasteiger partial charge in [0.15, 0.2) is 0 Å². The molecule has 4 nitrogen and oxygen atoms in total. The molecular weight excluding hydrogens is 334 g/mol. The number of amides is 1. The smallest absolute Gasteiger partial charge is 0.271 e. The average molecular weight is 355 g/mol. The van der Waals surface area contributed by atoms with Gasteiger partial charge in [0.25, 0.3) is 5.91 Å². The first-order valence-corrected chi connectivity index (χ1v) is 9.01. The lowest BCUT2D eigenvalue weighted by atomic mass is 10.1. The number of anilines is 1. The van der Waals surface area contributed by atoms with Gasteiger partial charge in [-0.25, -0.2) is 5.43 Å². The zero-order valence-corrected chi connectivity index (χ0v) is 15.2. The van der Waals surface area contributed by atoms with Crippen molar-refractivity contribution in [3.63, 3.8) is 0 Å². The second-order valence-corrected chi connectivity index (χ2v) is 6.78. The molecule has 0 fully saturated rings. The molecule has 1 N–H and O–H groups in total. The summed E-state index contributed by atoms with van der Waals surface area (Å²) in [4.78, 5) is 14.7. The summed E-state index contributed by atoms with van der Waals surface area (Å²) in [6, 6.07) is 24.2. The summed E-state index contributed by atoms with van der Waals surface area (Å²) < 4.78 is 0. The van der Waals surface area contributed by atoms with Crippen molar-refractivity contribution < 1.29 is 4.79 Å². The van der Waals surface area contributed by atoms with Gasteiger partial charge in [0, 0.05) is 24.3 Å². The Morgan fingerprint density at radius 2 is 1.70 bits per heavy atom. The van der Waals surface area contributed by atoms with Crippen LogP contribution in [0.5, 0.6) is 0 Å². The van der Waals surface area contributed by atoms with Gasteiger partial charge in [-0.2, -0.15) is 5.10 Å². The van der Waals surface area contributed by atoms with Gasteiger partial charge >= 0.3 is 0 Å². The van der Waals surface area contributed by atoms with Crippen molar-refractivity contribution in [2.24, 2.45) is 5.10 Å². The molecule has 3 aromatic carbocycles. The molecule has 0 spiro atoms. The van der Waals surface area contributed by atoms with Crippen LogP contribution in [-0.2, 0) is 13.1 Å². The maximum atomic E-state index is 12.4. The van der Waals surface area contributed by atoms with E-state index in [9.17, 15) is 4.79 Å². The average Bonchev–Trinajstić information content (AvgIpc) is 3.13. The first-order valence-electron chi connectivity index (χ1n) is 9.01. The first kappa shape index (κ1) is 17.0. The summed E-state index contributed by atoms with van der Waals surface area (Å²) in [5.74, 6) is -0.195.